The summed E-state index contributed by atoms with van der Waals surface area (Å²) in [5.41, 5.74) is 9.44. The molecule has 0 bridgehead atoms. The average molecular weight is 392 g/mol. The maximum absolute atomic E-state index is 12.4. The van der Waals surface area contributed by atoms with E-state index in [1.165, 1.54) is 0 Å². The van der Waals surface area contributed by atoms with Crippen molar-refractivity contribution in [3.05, 3.63) is 59.8 Å². The minimum Gasteiger partial charge on any atom is -0.391 e. The predicted octanol–water partition coefficient (Wildman–Crippen LogP) is 3.20. The van der Waals surface area contributed by atoms with Gasteiger partial charge in [0.1, 0.15) is 0 Å². The summed E-state index contributed by atoms with van der Waals surface area (Å²) in [5, 5.41) is 15.5. The first-order chi connectivity index (χ1) is 13.9. The van der Waals surface area contributed by atoms with E-state index in [-0.39, 0.29) is 6.54 Å². The lowest BCUT2D eigenvalue weighted by atomic mass is 9.94. The summed E-state index contributed by atoms with van der Waals surface area (Å²) >= 11 is 0. The number of hydrogen-bond donors (Lipinski definition) is 4. The fourth-order valence-corrected chi connectivity index (χ4v) is 3.21. The van der Waals surface area contributed by atoms with Gasteiger partial charge in [-0.3, -0.25) is 9.78 Å². The fourth-order valence-electron chi connectivity index (χ4n) is 3.21. The first-order valence-electron chi connectivity index (χ1n) is 9.43. The molecule has 3 rings (SSSR count). The summed E-state index contributed by atoms with van der Waals surface area (Å²) in [7, 11) is 0. The number of anilines is 1. The molecule has 7 nitrogen and oxygen atoms in total. The number of nitrogens with zero attached hydrogens (tertiary/aromatic N) is 1. The molecule has 0 saturated carbocycles. The number of carbonyl (C=O) groups is 2. The van der Waals surface area contributed by atoms with E-state index in [1.807, 2.05) is 44.2 Å². The van der Waals surface area contributed by atoms with Crippen LogP contribution in [0, 0.1) is 6.92 Å². The normalized spacial score (nSPS) is 11.8. The number of rotatable bonds is 6. The molecule has 5 N–H and O–H groups in total. The molecule has 0 aliphatic heterocycles. The Kier molecular flexibility index (Phi) is 6.09. The Labute approximate surface area is 169 Å². The number of aryl methyl sites for hydroxylation is 1. The zero-order valence-corrected chi connectivity index (χ0v) is 16.4. The molecule has 1 heterocycles. The molecule has 1 unspecified atom stereocenters. The number of amides is 3. The SMILES string of the molecule is CCC(O)CNC(=O)Nc1ccc2nc(C)c(-c3ccccc3)c(C(N)=O)c2c1. The number of hydrogen-bond acceptors (Lipinski definition) is 4. The fraction of sp³-hybridized carbons (Fsp3) is 0.227. The Morgan fingerprint density at radius 2 is 1.90 bits per heavy atom. The quantitative estimate of drug-likeness (QED) is 0.515. The van der Waals surface area contributed by atoms with Crippen LogP contribution >= 0.6 is 0 Å². The summed E-state index contributed by atoms with van der Waals surface area (Å²) in [5.74, 6) is -0.563. The lowest BCUT2D eigenvalue weighted by molar-refractivity contribution is 0.100. The summed E-state index contributed by atoms with van der Waals surface area (Å²) in [6.07, 6.45) is -0.0506. The number of aromatic nitrogens is 1. The third-order valence-electron chi connectivity index (χ3n) is 4.70. The van der Waals surface area contributed by atoms with Crippen molar-refractivity contribution in [2.75, 3.05) is 11.9 Å². The van der Waals surface area contributed by atoms with Crippen LogP contribution in [0.4, 0.5) is 10.5 Å². The lowest BCUT2D eigenvalue weighted by Gasteiger charge is -2.15. The van der Waals surface area contributed by atoms with E-state index in [4.69, 9.17) is 5.73 Å². The van der Waals surface area contributed by atoms with Crippen LogP contribution in [0.3, 0.4) is 0 Å². The minimum atomic E-state index is -0.598. The van der Waals surface area contributed by atoms with Crippen LogP contribution < -0.4 is 16.4 Å². The van der Waals surface area contributed by atoms with E-state index in [1.54, 1.807) is 18.2 Å². The Morgan fingerprint density at radius 1 is 1.17 bits per heavy atom. The largest absolute Gasteiger partial charge is 0.391 e. The van der Waals surface area contributed by atoms with Gasteiger partial charge in [0, 0.05) is 28.9 Å². The zero-order valence-electron chi connectivity index (χ0n) is 16.4. The Balaban J connectivity index is 2.03. The highest BCUT2D eigenvalue weighted by Gasteiger charge is 2.19. The molecule has 1 atom stereocenters. The third kappa shape index (κ3) is 4.52. The van der Waals surface area contributed by atoms with Gasteiger partial charge >= 0.3 is 6.03 Å². The number of pyridine rings is 1. The predicted molar refractivity (Wildman–Crippen MR) is 114 cm³/mol. The number of fused-ring (bicyclic) bond motifs is 1. The molecule has 29 heavy (non-hydrogen) atoms. The summed E-state index contributed by atoms with van der Waals surface area (Å²) in [6, 6.07) is 14.2. The number of nitrogens with two attached hydrogens (primary N) is 1. The van der Waals surface area contributed by atoms with Crippen molar-refractivity contribution in [3.8, 4) is 11.1 Å². The molecule has 3 aromatic rings. The monoisotopic (exact) mass is 392 g/mol. The van der Waals surface area contributed by atoms with Gasteiger partial charge in [0.05, 0.1) is 17.2 Å². The Bertz CT molecular complexity index is 1050. The molecule has 0 spiro atoms. The van der Waals surface area contributed by atoms with Crippen LogP contribution in [0.2, 0.25) is 0 Å². The van der Waals surface area contributed by atoms with E-state index in [0.717, 1.165) is 5.56 Å². The molecule has 0 radical (unpaired) electrons. The van der Waals surface area contributed by atoms with Gasteiger partial charge in [-0.05, 0) is 37.1 Å². The number of aliphatic hydroxyl groups excluding tert-OH is 1. The van der Waals surface area contributed by atoms with Crippen molar-refractivity contribution in [3.63, 3.8) is 0 Å². The molecule has 0 aliphatic carbocycles. The van der Waals surface area contributed by atoms with E-state index in [0.29, 0.717) is 39.8 Å². The van der Waals surface area contributed by atoms with E-state index >= 15 is 0 Å². The van der Waals surface area contributed by atoms with Crippen molar-refractivity contribution in [1.82, 2.24) is 10.3 Å². The van der Waals surface area contributed by atoms with Gasteiger partial charge in [0.25, 0.3) is 0 Å². The number of primary amides is 1. The number of carbonyl (C=O) groups excluding carboxylic acids is 2. The first kappa shape index (κ1) is 20.3. The van der Waals surface area contributed by atoms with Crippen LogP contribution in [0.5, 0.6) is 0 Å². The van der Waals surface area contributed by atoms with Crippen LogP contribution in [0.25, 0.3) is 22.0 Å². The lowest BCUT2D eigenvalue weighted by Crippen LogP contribution is -2.34. The number of urea groups is 1. The van der Waals surface area contributed by atoms with Gasteiger partial charge < -0.3 is 21.5 Å². The van der Waals surface area contributed by atoms with Gasteiger partial charge in [-0.15, -0.1) is 0 Å². The maximum Gasteiger partial charge on any atom is 0.319 e. The molecule has 0 aliphatic rings. The highest BCUT2D eigenvalue weighted by Crippen LogP contribution is 2.32. The topological polar surface area (TPSA) is 117 Å². The van der Waals surface area contributed by atoms with Gasteiger partial charge in [0.2, 0.25) is 5.91 Å². The second kappa shape index (κ2) is 8.70. The molecule has 0 saturated heterocycles. The molecule has 3 amide bonds. The van der Waals surface area contributed by atoms with E-state index in [2.05, 4.69) is 15.6 Å². The van der Waals surface area contributed by atoms with Crippen molar-refractivity contribution >= 4 is 28.5 Å². The molecule has 7 heteroatoms. The van der Waals surface area contributed by atoms with Crippen molar-refractivity contribution in [1.29, 1.82) is 0 Å². The average Bonchev–Trinajstić information content (AvgIpc) is 2.71. The van der Waals surface area contributed by atoms with Crippen LogP contribution in [0.1, 0.15) is 29.4 Å². The molecular formula is C22H24N4O3. The third-order valence-corrected chi connectivity index (χ3v) is 4.70. The molecule has 0 fully saturated rings. The zero-order chi connectivity index (χ0) is 21.0. The number of aliphatic hydroxyl groups is 1. The van der Waals surface area contributed by atoms with Crippen LogP contribution in [-0.2, 0) is 0 Å². The highest BCUT2D eigenvalue weighted by molar-refractivity contribution is 6.12. The number of benzene rings is 2. The maximum atomic E-state index is 12.4. The summed E-state index contributed by atoms with van der Waals surface area (Å²) < 4.78 is 0. The van der Waals surface area contributed by atoms with Gasteiger partial charge in [-0.2, -0.15) is 0 Å². The van der Waals surface area contributed by atoms with Crippen molar-refractivity contribution in [2.45, 2.75) is 26.4 Å². The van der Waals surface area contributed by atoms with Gasteiger partial charge in [0.15, 0.2) is 0 Å². The summed E-state index contributed by atoms with van der Waals surface area (Å²) in [4.78, 5) is 29.1. The highest BCUT2D eigenvalue weighted by atomic mass is 16.3. The number of nitrogens with one attached hydrogen (secondary N) is 2. The first-order valence-corrected chi connectivity index (χ1v) is 9.43. The van der Waals surface area contributed by atoms with Crippen LogP contribution in [-0.4, -0.2) is 34.7 Å². The molecule has 2 aromatic carbocycles. The van der Waals surface area contributed by atoms with Gasteiger partial charge in [-0.25, -0.2) is 4.79 Å². The van der Waals surface area contributed by atoms with E-state index in [9.17, 15) is 14.7 Å². The summed E-state index contributed by atoms with van der Waals surface area (Å²) in [6.45, 7) is 3.83. The molecule has 150 valence electrons. The standard InChI is InChI=1S/C22H24N4O3/c1-3-16(27)12-24-22(29)26-15-9-10-18-17(11-15)20(21(23)28)19(13(2)25-18)14-7-5-4-6-8-14/h4-11,16,27H,3,12H2,1-2H3,(H2,23,28)(H2,24,26,29). The van der Waals surface area contributed by atoms with Crippen molar-refractivity contribution in [2.24, 2.45) is 5.73 Å². The van der Waals surface area contributed by atoms with Gasteiger partial charge in [-0.1, -0.05) is 37.3 Å². The Hall–Kier alpha value is -3.45. The van der Waals surface area contributed by atoms with Crippen LogP contribution in [0.15, 0.2) is 48.5 Å². The minimum absolute atomic E-state index is 0.154. The van der Waals surface area contributed by atoms with Crippen molar-refractivity contribution < 1.29 is 14.7 Å². The second-order valence-electron chi connectivity index (χ2n) is 6.81. The molecular weight excluding hydrogens is 368 g/mol. The smallest absolute Gasteiger partial charge is 0.319 e. The Morgan fingerprint density at radius 3 is 2.55 bits per heavy atom. The van der Waals surface area contributed by atoms with E-state index < -0.39 is 18.0 Å². The molecule has 1 aromatic heterocycles. The second-order valence-corrected chi connectivity index (χ2v) is 6.81.